The molecule has 1 aromatic carbocycles. The van der Waals surface area contributed by atoms with Crippen LogP contribution >= 0.6 is 0 Å². The molecule has 0 bridgehead atoms. The number of para-hydroxylation sites is 1. The number of carboxylic acid groups (broad SMARTS) is 1. The number of amides is 1. The predicted molar refractivity (Wildman–Crippen MR) is 92.7 cm³/mol. The van der Waals surface area contributed by atoms with Gasteiger partial charge >= 0.3 is 5.97 Å². The summed E-state index contributed by atoms with van der Waals surface area (Å²) in [6, 6.07) is 5.29. The van der Waals surface area contributed by atoms with Crippen molar-refractivity contribution in [1.29, 1.82) is 0 Å². The van der Waals surface area contributed by atoms with Gasteiger partial charge in [0.25, 0.3) is 0 Å². The molecule has 0 unspecified atom stereocenters. The number of aryl methyl sites for hydroxylation is 2. The van der Waals surface area contributed by atoms with Crippen molar-refractivity contribution in [2.24, 2.45) is 5.92 Å². The Hall–Kier alpha value is -1.88. The third kappa shape index (κ3) is 5.36. The lowest BCUT2D eigenvalue weighted by atomic mass is 9.99. The van der Waals surface area contributed by atoms with Crippen molar-refractivity contribution in [3.8, 4) is 0 Å². The molecule has 0 aliphatic heterocycles. The van der Waals surface area contributed by atoms with Crippen LogP contribution in [0.5, 0.6) is 0 Å². The number of carbonyl (C=O) groups is 2. The summed E-state index contributed by atoms with van der Waals surface area (Å²) in [7, 11) is 0. The molecule has 0 saturated carbocycles. The summed E-state index contributed by atoms with van der Waals surface area (Å²) in [6.07, 6.45) is 2.41. The minimum absolute atomic E-state index is 0.0114. The lowest BCUT2D eigenvalue weighted by molar-refractivity contribution is -0.140. The van der Waals surface area contributed by atoms with Crippen molar-refractivity contribution in [3.05, 3.63) is 29.3 Å². The summed E-state index contributed by atoms with van der Waals surface area (Å²) >= 11 is 0. The van der Waals surface area contributed by atoms with Gasteiger partial charge in [-0.25, -0.2) is 0 Å². The van der Waals surface area contributed by atoms with Crippen molar-refractivity contribution in [2.75, 3.05) is 11.9 Å². The number of anilines is 1. The molecule has 1 amide bonds. The number of hydrogen-bond donors (Lipinski definition) is 3. The zero-order chi connectivity index (χ0) is 17.4. The van der Waals surface area contributed by atoms with Gasteiger partial charge in [-0.1, -0.05) is 52.3 Å². The van der Waals surface area contributed by atoms with Crippen LogP contribution in [0.4, 0.5) is 5.69 Å². The summed E-state index contributed by atoms with van der Waals surface area (Å²) in [4.78, 5) is 23.5. The molecular formula is C18H28N2O3. The highest BCUT2D eigenvalue weighted by molar-refractivity contribution is 5.94. The van der Waals surface area contributed by atoms with E-state index in [0.29, 0.717) is 0 Å². The van der Waals surface area contributed by atoms with E-state index in [-0.39, 0.29) is 18.4 Å². The van der Waals surface area contributed by atoms with E-state index < -0.39 is 12.0 Å². The lowest BCUT2D eigenvalue weighted by Gasteiger charge is -2.20. The van der Waals surface area contributed by atoms with Gasteiger partial charge in [0.05, 0.1) is 6.54 Å². The normalized spacial score (nSPS) is 13.4. The van der Waals surface area contributed by atoms with E-state index in [1.54, 1.807) is 0 Å². The Balaban J connectivity index is 2.75. The number of hydrogen-bond acceptors (Lipinski definition) is 3. The van der Waals surface area contributed by atoms with Gasteiger partial charge in [-0.2, -0.15) is 0 Å². The molecular weight excluding hydrogens is 292 g/mol. The Morgan fingerprint density at radius 2 is 1.70 bits per heavy atom. The minimum Gasteiger partial charge on any atom is -0.480 e. The first kappa shape index (κ1) is 19.2. The summed E-state index contributed by atoms with van der Waals surface area (Å²) < 4.78 is 0. The van der Waals surface area contributed by atoms with Crippen molar-refractivity contribution in [1.82, 2.24) is 5.32 Å². The predicted octanol–water partition coefficient (Wildman–Crippen LogP) is 2.84. The van der Waals surface area contributed by atoms with Crippen LogP contribution in [0.2, 0.25) is 0 Å². The fraction of sp³-hybridized carbons (Fsp3) is 0.556. The standard InChI is InChI=1S/C18H28N2O3/c1-5-12(4)16(18(22)23)19-11-15(21)20-17-13(6-2)9-8-10-14(17)7-3/h8-10,12,16,19H,5-7,11H2,1-4H3,(H,20,21)(H,22,23)/t12-,16-/m0/s1. The fourth-order valence-electron chi connectivity index (χ4n) is 2.56. The smallest absolute Gasteiger partial charge is 0.320 e. The molecule has 1 aromatic rings. The minimum atomic E-state index is -0.921. The van der Waals surface area contributed by atoms with Gasteiger partial charge in [0.15, 0.2) is 0 Å². The summed E-state index contributed by atoms with van der Waals surface area (Å²) in [5, 5.41) is 15.0. The van der Waals surface area contributed by atoms with Crippen LogP contribution in [-0.4, -0.2) is 29.6 Å². The Labute approximate surface area is 138 Å². The third-order valence-electron chi connectivity index (χ3n) is 4.22. The van der Waals surface area contributed by atoms with Crippen LogP contribution in [-0.2, 0) is 22.4 Å². The number of nitrogens with one attached hydrogen (secondary N) is 2. The Morgan fingerprint density at radius 1 is 1.13 bits per heavy atom. The largest absolute Gasteiger partial charge is 0.480 e. The van der Waals surface area contributed by atoms with Crippen molar-refractivity contribution < 1.29 is 14.7 Å². The van der Waals surface area contributed by atoms with E-state index in [2.05, 4.69) is 10.6 Å². The quantitative estimate of drug-likeness (QED) is 0.654. The molecule has 0 aliphatic rings. The maximum Gasteiger partial charge on any atom is 0.320 e. The van der Waals surface area contributed by atoms with E-state index >= 15 is 0 Å². The van der Waals surface area contributed by atoms with Crippen LogP contribution in [0.1, 0.15) is 45.2 Å². The lowest BCUT2D eigenvalue weighted by Crippen LogP contribution is -2.45. The molecule has 0 fully saturated rings. The molecule has 0 heterocycles. The highest BCUT2D eigenvalue weighted by Gasteiger charge is 2.23. The van der Waals surface area contributed by atoms with Crippen molar-refractivity contribution in [3.63, 3.8) is 0 Å². The first-order valence-electron chi connectivity index (χ1n) is 8.31. The average molecular weight is 320 g/mol. The maximum atomic E-state index is 12.2. The van der Waals surface area contributed by atoms with Gasteiger partial charge in [-0.05, 0) is 29.9 Å². The second kappa shape index (κ2) is 9.30. The molecule has 23 heavy (non-hydrogen) atoms. The van der Waals surface area contributed by atoms with Gasteiger partial charge in [0, 0.05) is 5.69 Å². The molecule has 128 valence electrons. The number of carboxylic acids is 1. The van der Waals surface area contributed by atoms with Crippen LogP contribution in [0.25, 0.3) is 0 Å². The zero-order valence-corrected chi connectivity index (χ0v) is 14.5. The first-order chi connectivity index (χ1) is 10.9. The van der Waals surface area contributed by atoms with Crippen LogP contribution in [0, 0.1) is 5.92 Å². The van der Waals surface area contributed by atoms with E-state index in [9.17, 15) is 14.7 Å². The maximum absolute atomic E-state index is 12.2. The fourth-order valence-corrected chi connectivity index (χ4v) is 2.56. The second-order valence-electron chi connectivity index (χ2n) is 5.79. The second-order valence-corrected chi connectivity index (χ2v) is 5.79. The molecule has 0 aliphatic carbocycles. The number of carbonyl (C=O) groups excluding carboxylic acids is 1. The molecule has 5 heteroatoms. The van der Waals surface area contributed by atoms with Gasteiger partial charge < -0.3 is 10.4 Å². The molecule has 1 rings (SSSR count). The van der Waals surface area contributed by atoms with Gasteiger partial charge in [-0.3, -0.25) is 14.9 Å². The van der Waals surface area contributed by atoms with Crippen LogP contribution in [0.3, 0.4) is 0 Å². The van der Waals surface area contributed by atoms with E-state index in [4.69, 9.17) is 0 Å². The Morgan fingerprint density at radius 3 is 2.13 bits per heavy atom. The SMILES string of the molecule is CCc1cccc(CC)c1NC(=O)CN[C@H](C(=O)O)[C@@H](C)CC. The first-order valence-corrected chi connectivity index (χ1v) is 8.31. The molecule has 0 saturated heterocycles. The highest BCUT2D eigenvalue weighted by Crippen LogP contribution is 2.22. The number of rotatable bonds is 9. The molecule has 5 nitrogen and oxygen atoms in total. The van der Waals surface area contributed by atoms with Crippen molar-refractivity contribution in [2.45, 2.75) is 53.0 Å². The van der Waals surface area contributed by atoms with Gasteiger partial charge in [0.2, 0.25) is 5.91 Å². The highest BCUT2D eigenvalue weighted by atomic mass is 16.4. The van der Waals surface area contributed by atoms with E-state index in [1.807, 2.05) is 45.9 Å². The number of benzene rings is 1. The Bertz CT molecular complexity index is 521. The topological polar surface area (TPSA) is 78.4 Å². The van der Waals surface area contributed by atoms with Gasteiger partial charge in [0.1, 0.15) is 6.04 Å². The summed E-state index contributed by atoms with van der Waals surface area (Å²) in [6.45, 7) is 7.89. The van der Waals surface area contributed by atoms with Crippen molar-refractivity contribution >= 4 is 17.6 Å². The number of aliphatic carboxylic acids is 1. The Kier molecular flexibility index (Phi) is 7.75. The summed E-state index contributed by atoms with van der Waals surface area (Å²) in [5.74, 6) is -1.17. The molecule has 2 atom stereocenters. The molecule has 0 aromatic heterocycles. The average Bonchev–Trinajstić information content (AvgIpc) is 2.54. The van der Waals surface area contributed by atoms with E-state index in [0.717, 1.165) is 36.1 Å². The molecule has 0 radical (unpaired) electrons. The monoisotopic (exact) mass is 320 g/mol. The van der Waals surface area contributed by atoms with Gasteiger partial charge in [-0.15, -0.1) is 0 Å². The van der Waals surface area contributed by atoms with Crippen LogP contribution in [0.15, 0.2) is 18.2 Å². The summed E-state index contributed by atoms with van der Waals surface area (Å²) in [5.41, 5.74) is 3.04. The molecule has 0 spiro atoms. The van der Waals surface area contributed by atoms with Crippen LogP contribution < -0.4 is 10.6 Å². The van der Waals surface area contributed by atoms with E-state index in [1.165, 1.54) is 0 Å². The molecule has 3 N–H and O–H groups in total. The third-order valence-corrected chi connectivity index (χ3v) is 4.22. The zero-order valence-electron chi connectivity index (χ0n) is 14.5.